The number of hydrogen-bond acceptors (Lipinski definition) is 5. The zero-order valence-corrected chi connectivity index (χ0v) is 12.5. The number of benzene rings is 2. The van der Waals surface area contributed by atoms with Gasteiger partial charge in [0.15, 0.2) is 5.82 Å². The van der Waals surface area contributed by atoms with Crippen LogP contribution in [0, 0.1) is 6.92 Å². The van der Waals surface area contributed by atoms with Gasteiger partial charge in [0.25, 0.3) is 0 Å². The number of halogens is 1. The van der Waals surface area contributed by atoms with Crippen molar-refractivity contribution in [3.05, 3.63) is 59.0 Å². The summed E-state index contributed by atoms with van der Waals surface area (Å²) < 4.78 is 0. The molecule has 6 heteroatoms. The Morgan fingerprint density at radius 3 is 2.82 bits per heavy atom. The van der Waals surface area contributed by atoms with Gasteiger partial charge in [0.1, 0.15) is 16.7 Å². The van der Waals surface area contributed by atoms with Crippen molar-refractivity contribution >= 4 is 34.4 Å². The van der Waals surface area contributed by atoms with E-state index in [1.165, 1.54) is 0 Å². The van der Waals surface area contributed by atoms with E-state index in [4.69, 9.17) is 11.6 Å². The van der Waals surface area contributed by atoms with Gasteiger partial charge in [0, 0.05) is 11.6 Å². The fourth-order valence-electron chi connectivity index (χ4n) is 2.17. The van der Waals surface area contributed by atoms with Gasteiger partial charge in [-0.05, 0) is 23.8 Å². The number of phenols is 1. The first-order chi connectivity index (χ1) is 10.6. The number of aryl methyl sites for hydroxylation is 1. The molecule has 0 aliphatic carbocycles. The van der Waals surface area contributed by atoms with Crippen LogP contribution in [-0.2, 0) is 0 Å². The van der Waals surface area contributed by atoms with Gasteiger partial charge in [-0.1, -0.05) is 41.9 Å². The van der Waals surface area contributed by atoms with E-state index in [9.17, 15) is 5.11 Å². The minimum Gasteiger partial charge on any atom is -0.507 e. The highest BCUT2D eigenvalue weighted by Gasteiger charge is 2.04. The third-order valence-corrected chi connectivity index (χ3v) is 3.32. The molecule has 0 saturated carbocycles. The SMILES string of the molecule is Cc1nc(Cl)cc(N/N=C/c2c(O)ccc3ccccc23)n1. The number of rotatable bonds is 3. The fourth-order valence-corrected chi connectivity index (χ4v) is 2.40. The largest absolute Gasteiger partial charge is 0.507 e. The average molecular weight is 313 g/mol. The van der Waals surface area contributed by atoms with Crippen LogP contribution in [0.1, 0.15) is 11.4 Å². The number of anilines is 1. The van der Waals surface area contributed by atoms with E-state index in [0.29, 0.717) is 22.4 Å². The molecular formula is C16H13ClN4O. The van der Waals surface area contributed by atoms with Crippen molar-refractivity contribution in [3.8, 4) is 5.75 Å². The van der Waals surface area contributed by atoms with E-state index in [0.717, 1.165) is 10.8 Å². The molecule has 1 heterocycles. The van der Waals surface area contributed by atoms with Gasteiger partial charge >= 0.3 is 0 Å². The molecule has 0 amide bonds. The van der Waals surface area contributed by atoms with E-state index in [-0.39, 0.29) is 5.75 Å². The molecule has 2 aromatic carbocycles. The van der Waals surface area contributed by atoms with Crippen molar-refractivity contribution < 1.29 is 5.11 Å². The van der Waals surface area contributed by atoms with Gasteiger partial charge in [0.05, 0.1) is 6.21 Å². The van der Waals surface area contributed by atoms with Crippen LogP contribution < -0.4 is 5.43 Å². The van der Waals surface area contributed by atoms with E-state index in [2.05, 4.69) is 20.5 Å². The minimum atomic E-state index is 0.168. The number of aromatic nitrogens is 2. The standard InChI is InChI=1S/C16H13ClN4O/c1-10-19-15(17)8-16(20-10)21-18-9-13-12-5-3-2-4-11(12)6-7-14(13)22/h2-9,22H,1H3,(H,19,20,21)/b18-9+. The molecule has 0 atom stereocenters. The monoisotopic (exact) mass is 312 g/mol. The molecule has 0 aliphatic rings. The third-order valence-electron chi connectivity index (χ3n) is 3.13. The van der Waals surface area contributed by atoms with Crippen molar-refractivity contribution in [2.45, 2.75) is 6.92 Å². The van der Waals surface area contributed by atoms with Crippen molar-refractivity contribution in [2.24, 2.45) is 5.10 Å². The van der Waals surface area contributed by atoms with Crippen LogP contribution in [0.2, 0.25) is 5.15 Å². The number of phenolic OH excluding ortho intramolecular Hbond substituents is 1. The summed E-state index contributed by atoms with van der Waals surface area (Å²) >= 11 is 5.87. The summed E-state index contributed by atoms with van der Waals surface area (Å²) in [7, 11) is 0. The van der Waals surface area contributed by atoms with Crippen LogP contribution in [0.15, 0.2) is 47.6 Å². The molecule has 0 saturated heterocycles. The summed E-state index contributed by atoms with van der Waals surface area (Å²) in [6.45, 7) is 1.75. The lowest BCUT2D eigenvalue weighted by atomic mass is 10.0. The van der Waals surface area contributed by atoms with Crippen LogP contribution in [0.4, 0.5) is 5.82 Å². The van der Waals surface area contributed by atoms with Gasteiger partial charge in [-0.2, -0.15) is 5.10 Å². The zero-order valence-electron chi connectivity index (χ0n) is 11.8. The first-order valence-corrected chi connectivity index (χ1v) is 7.02. The average Bonchev–Trinajstić information content (AvgIpc) is 2.48. The maximum absolute atomic E-state index is 10.0. The van der Waals surface area contributed by atoms with Gasteiger partial charge in [-0.15, -0.1) is 0 Å². The zero-order chi connectivity index (χ0) is 15.5. The Bertz CT molecular complexity index is 844. The van der Waals surface area contributed by atoms with Crippen LogP contribution >= 0.6 is 11.6 Å². The summed E-state index contributed by atoms with van der Waals surface area (Å²) in [6, 6.07) is 12.9. The van der Waals surface area contributed by atoms with E-state index >= 15 is 0 Å². The van der Waals surface area contributed by atoms with E-state index in [1.54, 1.807) is 25.3 Å². The van der Waals surface area contributed by atoms with Gasteiger partial charge in [-0.3, -0.25) is 5.43 Å². The van der Waals surface area contributed by atoms with Crippen LogP contribution in [0.3, 0.4) is 0 Å². The number of nitrogens with one attached hydrogen (secondary N) is 1. The Balaban J connectivity index is 1.91. The van der Waals surface area contributed by atoms with Gasteiger partial charge in [0.2, 0.25) is 0 Å². The normalized spacial score (nSPS) is 11.2. The van der Waals surface area contributed by atoms with Crippen LogP contribution in [-0.4, -0.2) is 21.3 Å². The minimum absolute atomic E-state index is 0.168. The summed E-state index contributed by atoms with van der Waals surface area (Å²) in [6.07, 6.45) is 1.56. The van der Waals surface area contributed by atoms with Gasteiger partial charge < -0.3 is 5.11 Å². The Hall–Kier alpha value is -2.66. The molecule has 0 spiro atoms. The van der Waals surface area contributed by atoms with E-state index < -0.39 is 0 Å². The molecule has 0 fully saturated rings. The summed E-state index contributed by atoms with van der Waals surface area (Å²) in [5.41, 5.74) is 3.43. The maximum atomic E-state index is 10.0. The topological polar surface area (TPSA) is 70.4 Å². The predicted molar refractivity (Wildman–Crippen MR) is 88.6 cm³/mol. The first-order valence-electron chi connectivity index (χ1n) is 6.64. The second-order valence-electron chi connectivity index (χ2n) is 4.71. The highest BCUT2D eigenvalue weighted by atomic mass is 35.5. The molecule has 0 unspecified atom stereocenters. The Kier molecular flexibility index (Phi) is 3.89. The molecule has 110 valence electrons. The fraction of sp³-hybridized carbons (Fsp3) is 0.0625. The number of hydrogen-bond donors (Lipinski definition) is 2. The molecule has 5 nitrogen and oxygen atoms in total. The molecule has 0 bridgehead atoms. The highest BCUT2D eigenvalue weighted by Crippen LogP contribution is 2.25. The summed E-state index contributed by atoms with van der Waals surface area (Å²) in [5.74, 6) is 1.22. The van der Waals surface area contributed by atoms with E-state index in [1.807, 2.05) is 30.3 Å². The van der Waals surface area contributed by atoms with Gasteiger partial charge in [-0.25, -0.2) is 9.97 Å². The lowest BCUT2D eigenvalue weighted by Crippen LogP contribution is -1.97. The molecule has 0 aliphatic heterocycles. The predicted octanol–water partition coefficient (Wildman–Crippen LogP) is 3.74. The lowest BCUT2D eigenvalue weighted by Gasteiger charge is -2.05. The Labute approximate surface area is 132 Å². The lowest BCUT2D eigenvalue weighted by molar-refractivity contribution is 0.475. The highest BCUT2D eigenvalue weighted by molar-refractivity contribution is 6.29. The Morgan fingerprint density at radius 2 is 2.00 bits per heavy atom. The van der Waals surface area contributed by atoms with Crippen LogP contribution in [0.5, 0.6) is 5.75 Å². The molecule has 1 aromatic heterocycles. The quantitative estimate of drug-likeness (QED) is 0.439. The van der Waals surface area contributed by atoms with Crippen molar-refractivity contribution in [1.82, 2.24) is 9.97 Å². The third kappa shape index (κ3) is 2.99. The smallest absolute Gasteiger partial charge is 0.151 e. The number of fused-ring (bicyclic) bond motifs is 1. The molecular weight excluding hydrogens is 300 g/mol. The molecule has 3 rings (SSSR count). The molecule has 2 N–H and O–H groups in total. The summed E-state index contributed by atoms with van der Waals surface area (Å²) in [4.78, 5) is 8.15. The molecule has 0 radical (unpaired) electrons. The van der Waals surface area contributed by atoms with Crippen molar-refractivity contribution in [3.63, 3.8) is 0 Å². The maximum Gasteiger partial charge on any atom is 0.151 e. The number of hydrazone groups is 1. The molecule has 3 aromatic rings. The van der Waals surface area contributed by atoms with Crippen molar-refractivity contribution in [2.75, 3.05) is 5.43 Å². The second-order valence-corrected chi connectivity index (χ2v) is 5.10. The van der Waals surface area contributed by atoms with Crippen LogP contribution in [0.25, 0.3) is 10.8 Å². The Morgan fingerprint density at radius 1 is 1.18 bits per heavy atom. The second kappa shape index (κ2) is 5.99. The first kappa shape index (κ1) is 14.3. The van der Waals surface area contributed by atoms with Crippen molar-refractivity contribution in [1.29, 1.82) is 0 Å². The molecule has 22 heavy (non-hydrogen) atoms. The summed E-state index contributed by atoms with van der Waals surface area (Å²) in [5, 5.41) is 16.4. The number of nitrogens with zero attached hydrogens (tertiary/aromatic N) is 3. The number of aromatic hydroxyl groups is 1.